The highest BCUT2D eigenvalue weighted by Gasteiger charge is 2.13. The van der Waals surface area contributed by atoms with Gasteiger partial charge in [-0.15, -0.1) is 0 Å². The van der Waals surface area contributed by atoms with Gasteiger partial charge in [0.2, 0.25) is 0 Å². The molecule has 1 N–H and O–H groups in total. The van der Waals surface area contributed by atoms with Gasteiger partial charge in [0.25, 0.3) is 5.91 Å². The summed E-state index contributed by atoms with van der Waals surface area (Å²) >= 11 is 0. The monoisotopic (exact) mass is 342 g/mol. The maximum Gasteiger partial charge on any atom is 0.273 e. The number of nitrogens with zero attached hydrogens (tertiary/aromatic N) is 3. The first-order chi connectivity index (χ1) is 12.0. The van der Waals surface area contributed by atoms with Crippen LogP contribution >= 0.6 is 0 Å². The summed E-state index contributed by atoms with van der Waals surface area (Å²) in [7, 11) is 1.78. The van der Waals surface area contributed by atoms with Crippen LogP contribution in [0.1, 0.15) is 44.1 Å². The van der Waals surface area contributed by atoms with Gasteiger partial charge < -0.3 is 15.0 Å². The minimum Gasteiger partial charge on any atom is -0.491 e. The Balaban J connectivity index is 1.97. The number of unbranched alkanes of at least 4 members (excludes halogenated alkanes) is 1. The molecule has 134 valence electrons. The van der Waals surface area contributed by atoms with E-state index in [0.29, 0.717) is 11.5 Å². The zero-order valence-electron chi connectivity index (χ0n) is 15.3. The second-order valence-electron chi connectivity index (χ2n) is 6.18. The second-order valence-corrected chi connectivity index (χ2v) is 6.18. The number of nitrogens with one attached hydrogen (secondary N) is 1. The molecule has 0 saturated carbocycles. The Morgan fingerprint density at radius 3 is 2.48 bits per heavy atom. The highest BCUT2D eigenvalue weighted by atomic mass is 16.5. The normalized spacial score (nSPS) is 10.6. The fraction of sp³-hybridized carbons (Fsp3) is 0.421. The first-order valence-corrected chi connectivity index (χ1v) is 8.61. The molecule has 6 heteroatoms. The number of hydrogen-bond acceptors (Lipinski definition) is 5. The first-order valence-electron chi connectivity index (χ1n) is 8.61. The van der Waals surface area contributed by atoms with Crippen molar-refractivity contribution in [3.63, 3.8) is 0 Å². The quantitative estimate of drug-likeness (QED) is 0.788. The summed E-state index contributed by atoms with van der Waals surface area (Å²) in [5.74, 6) is 1.30. The van der Waals surface area contributed by atoms with E-state index in [1.54, 1.807) is 18.1 Å². The topological polar surface area (TPSA) is 67.4 Å². The predicted octanol–water partition coefficient (Wildman–Crippen LogP) is 3.88. The lowest BCUT2D eigenvalue weighted by molar-refractivity contribution is 0.0787. The molecule has 2 aromatic rings. The van der Waals surface area contributed by atoms with Crippen LogP contribution < -0.4 is 10.1 Å². The highest BCUT2D eigenvalue weighted by molar-refractivity contribution is 5.91. The molecule has 0 aliphatic heterocycles. The summed E-state index contributed by atoms with van der Waals surface area (Å²) in [6.07, 6.45) is 5.24. The van der Waals surface area contributed by atoms with Gasteiger partial charge in [-0.3, -0.25) is 4.79 Å². The summed E-state index contributed by atoms with van der Waals surface area (Å²) in [5.41, 5.74) is 1.23. The van der Waals surface area contributed by atoms with E-state index >= 15 is 0 Å². The summed E-state index contributed by atoms with van der Waals surface area (Å²) in [6.45, 7) is 6.80. The third-order valence-electron chi connectivity index (χ3n) is 3.56. The molecule has 0 atom stereocenters. The molecule has 0 unspecified atom stereocenters. The number of anilines is 2. The van der Waals surface area contributed by atoms with Crippen molar-refractivity contribution in [1.82, 2.24) is 14.9 Å². The number of benzene rings is 1. The number of aromatic nitrogens is 2. The fourth-order valence-corrected chi connectivity index (χ4v) is 2.23. The maximum absolute atomic E-state index is 12.2. The highest BCUT2D eigenvalue weighted by Crippen LogP contribution is 2.19. The Bertz CT molecular complexity index is 669. The van der Waals surface area contributed by atoms with Gasteiger partial charge in [-0.25, -0.2) is 9.97 Å². The second kappa shape index (κ2) is 9.01. The van der Waals surface area contributed by atoms with E-state index in [2.05, 4.69) is 22.2 Å². The molecule has 25 heavy (non-hydrogen) atoms. The van der Waals surface area contributed by atoms with E-state index in [0.717, 1.165) is 30.8 Å². The molecule has 0 spiro atoms. The van der Waals surface area contributed by atoms with Crippen molar-refractivity contribution in [2.75, 3.05) is 18.9 Å². The number of rotatable bonds is 8. The first kappa shape index (κ1) is 18.7. The van der Waals surface area contributed by atoms with Gasteiger partial charge in [-0.2, -0.15) is 0 Å². The smallest absolute Gasteiger partial charge is 0.273 e. The van der Waals surface area contributed by atoms with Gasteiger partial charge in [0, 0.05) is 19.3 Å². The molecule has 0 saturated heterocycles. The Morgan fingerprint density at radius 1 is 1.20 bits per heavy atom. The van der Waals surface area contributed by atoms with Crippen LogP contribution in [0.3, 0.4) is 0 Å². The molecular weight excluding hydrogens is 316 g/mol. The minimum absolute atomic E-state index is 0.109. The van der Waals surface area contributed by atoms with Crippen LogP contribution in [0.25, 0.3) is 0 Å². The van der Waals surface area contributed by atoms with Crippen molar-refractivity contribution >= 4 is 17.4 Å². The average molecular weight is 342 g/mol. The SMILES string of the molecule is CCCCN(C)C(=O)c1cnc(Nc2ccc(OC(C)C)cc2)cn1. The lowest BCUT2D eigenvalue weighted by Gasteiger charge is -2.16. The number of amides is 1. The van der Waals surface area contributed by atoms with E-state index in [1.807, 2.05) is 38.1 Å². The number of hydrogen-bond donors (Lipinski definition) is 1. The molecule has 0 fully saturated rings. The third kappa shape index (κ3) is 5.74. The number of ether oxygens (including phenoxy) is 1. The summed E-state index contributed by atoms with van der Waals surface area (Å²) in [5, 5.41) is 3.16. The zero-order chi connectivity index (χ0) is 18.2. The van der Waals surface area contributed by atoms with E-state index in [-0.39, 0.29) is 12.0 Å². The molecule has 6 nitrogen and oxygen atoms in total. The van der Waals surface area contributed by atoms with Crippen molar-refractivity contribution in [2.24, 2.45) is 0 Å². The van der Waals surface area contributed by atoms with Crippen LogP contribution in [0.5, 0.6) is 5.75 Å². The van der Waals surface area contributed by atoms with Crippen molar-refractivity contribution < 1.29 is 9.53 Å². The summed E-state index contributed by atoms with van der Waals surface area (Å²) in [4.78, 5) is 22.4. The van der Waals surface area contributed by atoms with Crippen molar-refractivity contribution in [3.8, 4) is 5.75 Å². The molecule has 1 heterocycles. The van der Waals surface area contributed by atoms with Gasteiger partial charge in [-0.1, -0.05) is 13.3 Å². The Morgan fingerprint density at radius 2 is 1.92 bits per heavy atom. The van der Waals surface area contributed by atoms with E-state index in [1.165, 1.54) is 6.20 Å². The number of carbonyl (C=O) groups is 1. The fourth-order valence-electron chi connectivity index (χ4n) is 2.23. The molecule has 1 aromatic heterocycles. The molecule has 1 amide bonds. The van der Waals surface area contributed by atoms with E-state index in [9.17, 15) is 4.79 Å². The van der Waals surface area contributed by atoms with Crippen LogP contribution in [-0.2, 0) is 0 Å². The van der Waals surface area contributed by atoms with E-state index in [4.69, 9.17) is 4.74 Å². The maximum atomic E-state index is 12.2. The molecule has 0 radical (unpaired) electrons. The minimum atomic E-state index is -0.109. The van der Waals surface area contributed by atoms with Gasteiger partial charge >= 0.3 is 0 Å². The third-order valence-corrected chi connectivity index (χ3v) is 3.56. The van der Waals surface area contributed by atoms with Crippen LogP contribution in [0, 0.1) is 0 Å². The largest absolute Gasteiger partial charge is 0.491 e. The predicted molar refractivity (Wildman–Crippen MR) is 99.4 cm³/mol. The zero-order valence-corrected chi connectivity index (χ0v) is 15.3. The van der Waals surface area contributed by atoms with Crippen LogP contribution in [0.2, 0.25) is 0 Å². The molecule has 1 aromatic carbocycles. The van der Waals surface area contributed by atoms with Crippen LogP contribution in [0.4, 0.5) is 11.5 Å². The van der Waals surface area contributed by atoms with Crippen LogP contribution in [0.15, 0.2) is 36.7 Å². The van der Waals surface area contributed by atoms with Gasteiger partial charge in [0.15, 0.2) is 0 Å². The van der Waals surface area contributed by atoms with Gasteiger partial charge in [-0.05, 0) is 44.5 Å². The average Bonchev–Trinajstić information content (AvgIpc) is 2.61. The Hall–Kier alpha value is -2.63. The molecule has 0 bridgehead atoms. The number of carbonyl (C=O) groups excluding carboxylic acids is 1. The van der Waals surface area contributed by atoms with Crippen LogP contribution in [-0.4, -0.2) is 40.5 Å². The molecular formula is C19H26N4O2. The van der Waals surface area contributed by atoms with E-state index < -0.39 is 0 Å². The lowest BCUT2D eigenvalue weighted by Crippen LogP contribution is -2.28. The summed E-state index contributed by atoms with van der Waals surface area (Å²) in [6, 6.07) is 7.63. The Kier molecular flexibility index (Phi) is 6.74. The molecule has 2 rings (SSSR count). The summed E-state index contributed by atoms with van der Waals surface area (Å²) < 4.78 is 5.61. The van der Waals surface area contributed by atoms with Crippen molar-refractivity contribution in [3.05, 3.63) is 42.4 Å². The molecule has 0 aliphatic carbocycles. The standard InChI is InChI=1S/C19H26N4O2/c1-5-6-11-23(4)19(24)17-12-21-18(13-20-17)22-15-7-9-16(10-8-15)25-14(2)3/h7-10,12-14H,5-6,11H2,1-4H3,(H,21,22). The van der Waals surface area contributed by atoms with Crippen molar-refractivity contribution in [2.45, 2.75) is 39.7 Å². The Labute approximate surface area is 149 Å². The van der Waals surface area contributed by atoms with Gasteiger partial charge in [0.05, 0.1) is 18.5 Å². The lowest BCUT2D eigenvalue weighted by atomic mass is 10.3. The van der Waals surface area contributed by atoms with Crippen molar-refractivity contribution in [1.29, 1.82) is 0 Å². The van der Waals surface area contributed by atoms with Gasteiger partial charge in [0.1, 0.15) is 17.3 Å². The molecule has 0 aliphatic rings.